The summed E-state index contributed by atoms with van der Waals surface area (Å²) >= 11 is 0. The van der Waals surface area contributed by atoms with Gasteiger partial charge in [-0.25, -0.2) is 0 Å². The maximum atomic E-state index is 13.2. The fraction of sp³-hybridized carbons (Fsp3) is 0.0286. The summed E-state index contributed by atoms with van der Waals surface area (Å²) in [6.07, 6.45) is 3.32. The molecule has 3 heterocycles. The Morgan fingerprint density at radius 3 is 2.23 bits per heavy atom. The molecule has 1 aliphatic carbocycles. The van der Waals surface area contributed by atoms with Crippen molar-refractivity contribution in [2.45, 2.75) is 0 Å². The maximum absolute atomic E-state index is 13.2. The molecule has 5 aromatic rings. The molecule has 3 aliphatic rings. The van der Waals surface area contributed by atoms with Gasteiger partial charge in [-0.05, 0) is 60.7 Å². The van der Waals surface area contributed by atoms with E-state index in [9.17, 15) is 24.3 Å². The summed E-state index contributed by atoms with van der Waals surface area (Å²) in [5.74, 6) is 2.17. The molecule has 1 atom stereocenters. The summed E-state index contributed by atoms with van der Waals surface area (Å²) < 4.78 is 6.00. The van der Waals surface area contributed by atoms with Gasteiger partial charge in [0.15, 0.2) is 0 Å². The number of para-hydroxylation sites is 2. The van der Waals surface area contributed by atoms with E-state index in [1.54, 1.807) is 66.7 Å². The number of carbonyl (C=O) groups is 4. The fourth-order valence-electron chi connectivity index (χ4n) is 5.92. The molecular formula is C35H18N2O6. The van der Waals surface area contributed by atoms with Gasteiger partial charge in [0.1, 0.15) is 22.8 Å². The lowest BCUT2D eigenvalue weighted by Crippen LogP contribution is -2.27. The van der Waals surface area contributed by atoms with Gasteiger partial charge in [0.2, 0.25) is 5.78 Å². The lowest BCUT2D eigenvalue weighted by atomic mass is 10.0. The third kappa shape index (κ3) is 3.46. The molecule has 2 amide bonds. The second-order valence-corrected chi connectivity index (χ2v) is 10.3. The first-order valence-corrected chi connectivity index (χ1v) is 13.5. The molecular weight excluding hydrogens is 544 g/mol. The molecule has 1 fully saturated rings. The number of anilines is 3. The average molecular weight is 563 g/mol. The number of phenols is 1. The van der Waals surface area contributed by atoms with Crippen LogP contribution in [0.5, 0.6) is 5.75 Å². The monoisotopic (exact) mass is 562 g/mol. The molecule has 0 spiro atoms. The highest BCUT2D eigenvalue weighted by Gasteiger charge is 2.44. The topological polar surface area (TPSA) is 108 Å². The van der Waals surface area contributed by atoms with Crippen molar-refractivity contribution in [3.8, 4) is 17.6 Å². The van der Waals surface area contributed by atoms with Crippen LogP contribution in [0, 0.1) is 17.8 Å². The van der Waals surface area contributed by atoms with Crippen LogP contribution in [0.4, 0.5) is 17.1 Å². The zero-order valence-corrected chi connectivity index (χ0v) is 22.2. The lowest BCUT2D eigenvalue weighted by Gasteiger charge is -2.20. The summed E-state index contributed by atoms with van der Waals surface area (Å²) in [6.45, 7) is 0. The van der Waals surface area contributed by atoms with Crippen LogP contribution < -0.4 is 9.80 Å². The zero-order chi connectivity index (χ0) is 29.4. The van der Waals surface area contributed by atoms with Gasteiger partial charge in [-0.15, -0.1) is 0 Å². The van der Waals surface area contributed by atoms with E-state index in [1.165, 1.54) is 9.80 Å². The number of hydrogen-bond acceptors (Lipinski definition) is 6. The van der Waals surface area contributed by atoms with Gasteiger partial charge in [0.05, 0.1) is 11.3 Å². The van der Waals surface area contributed by atoms with Crippen LogP contribution >= 0.6 is 0 Å². The van der Waals surface area contributed by atoms with E-state index in [4.69, 9.17) is 4.42 Å². The predicted octanol–water partition coefficient (Wildman–Crippen LogP) is 5.67. The number of Topliss-reactive ketones (excluding diaryl/α,β-unsaturated/α-hetero) is 2. The molecule has 0 saturated carbocycles. The smallest absolute Gasteiger partial charge is 0.304 e. The van der Waals surface area contributed by atoms with Gasteiger partial charge in [-0.3, -0.25) is 29.0 Å². The minimum absolute atomic E-state index is 0.0564. The molecule has 1 aromatic heterocycles. The summed E-state index contributed by atoms with van der Waals surface area (Å²) in [5, 5.41) is 11.9. The molecule has 1 saturated heterocycles. The van der Waals surface area contributed by atoms with Crippen molar-refractivity contribution >= 4 is 68.0 Å². The number of amides is 2. The molecule has 43 heavy (non-hydrogen) atoms. The number of aromatic hydroxyl groups is 1. The predicted molar refractivity (Wildman–Crippen MR) is 160 cm³/mol. The normalized spacial score (nSPS) is 17.5. The Hall–Kier alpha value is -6.20. The Morgan fingerprint density at radius 1 is 0.721 bits per heavy atom. The minimum atomic E-state index is -0.956. The molecule has 1 unspecified atom stereocenters. The Bertz CT molecular complexity index is 2240. The largest absolute Gasteiger partial charge is 0.507 e. The highest BCUT2D eigenvalue weighted by atomic mass is 16.3. The first kappa shape index (κ1) is 24.6. The quantitative estimate of drug-likeness (QED) is 0.224. The van der Waals surface area contributed by atoms with Crippen molar-refractivity contribution < 1.29 is 28.7 Å². The standard InChI is InChI=1S/C35H18N2O6/c38-28-7-3-1-5-22(28)19-9-15-25-26(17-10-19)36(34(41)31(25)39)20-11-13-21(14-12-20)37-27-18-16-24-23-6-2-4-8-29(23)43-33(24)30(27)32(40)35(37)42/h1-8,10-14,16-18,25,38H. The first-order chi connectivity index (χ1) is 20.9. The number of phenolic OH excluding ortho intramolecular Hbond substituents is 1. The van der Waals surface area contributed by atoms with Crippen LogP contribution in [0.25, 0.3) is 27.5 Å². The van der Waals surface area contributed by atoms with E-state index in [0.717, 1.165) is 10.8 Å². The van der Waals surface area contributed by atoms with E-state index in [-0.39, 0.29) is 11.3 Å². The Kier molecular flexibility index (Phi) is 5.09. The van der Waals surface area contributed by atoms with Crippen LogP contribution in [-0.4, -0.2) is 28.5 Å². The average Bonchev–Trinajstić information content (AvgIpc) is 3.53. The number of ketones is 2. The molecule has 0 bridgehead atoms. The SMILES string of the molecule is O=C1C(=O)N(c2ccc(N3C(=O)C(=O)C4C#CC(c5ccccc5O)=CC=C43)cc2)c2ccc3c(oc4ccccc43)c21. The van der Waals surface area contributed by atoms with Gasteiger partial charge >= 0.3 is 5.91 Å². The van der Waals surface area contributed by atoms with Crippen LogP contribution in [0.1, 0.15) is 15.9 Å². The molecule has 8 rings (SSSR count). The van der Waals surface area contributed by atoms with Crippen molar-refractivity contribution in [1.29, 1.82) is 0 Å². The number of benzene rings is 4. The van der Waals surface area contributed by atoms with Crippen molar-refractivity contribution in [2.75, 3.05) is 9.80 Å². The highest BCUT2D eigenvalue weighted by molar-refractivity contribution is 6.55. The van der Waals surface area contributed by atoms with Gasteiger partial charge in [0, 0.05) is 39.0 Å². The number of nitrogens with zero attached hydrogens (tertiary/aromatic N) is 2. The molecule has 4 aromatic carbocycles. The van der Waals surface area contributed by atoms with Crippen LogP contribution in [-0.2, 0) is 14.4 Å². The summed E-state index contributed by atoms with van der Waals surface area (Å²) in [7, 11) is 0. The number of rotatable bonds is 3. The molecule has 1 N–H and O–H groups in total. The van der Waals surface area contributed by atoms with E-state index in [1.807, 2.05) is 30.3 Å². The highest BCUT2D eigenvalue weighted by Crippen LogP contribution is 2.43. The summed E-state index contributed by atoms with van der Waals surface area (Å²) in [6, 6.07) is 24.2. The lowest BCUT2D eigenvalue weighted by molar-refractivity contribution is -0.134. The van der Waals surface area contributed by atoms with Gasteiger partial charge < -0.3 is 9.52 Å². The van der Waals surface area contributed by atoms with Crippen molar-refractivity contribution in [3.05, 3.63) is 114 Å². The van der Waals surface area contributed by atoms with Crippen LogP contribution in [0.2, 0.25) is 0 Å². The first-order valence-electron chi connectivity index (χ1n) is 13.5. The molecule has 0 radical (unpaired) electrons. The Morgan fingerprint density at radius 2 is 1.44 bits per heavy atom. The number of fused-ring (bicyclic) bond motifs is 6. The minimum Gasteiger partial charge on any atom is -0.507 e. The number of hydrogen-bond donors (Lipinski definition) is 1. The number of furan rings is 1. The van der Waals surface area contributed by atoms with Gasteiger partial charge in [0.25, 0.3) is 11.7 Å². The number of carbonyl (C=O) groups excluding carboxylic acids is 4. The number of allylic oxidation sites excluding steroid dienone is 4. The van der Waals surface area contributed by atoms with Crippen LogP contribution in [0.15, 0.2) is 107 Å². The molecule has 8 nitrogen and oxygen atoms in total. The fourth-order valence-corrected chi connectivity index (χ4v) is 5.92. The third-order valence-electron chi connectivity index (χ3n) is 7.95. The summed E-state index contributed by atoms with van der Waals surface area (Å²) in [4.78, 5) is 55.1. The molecule has 8 heteroatoms. The summed E-state index contributed by atoms with van der Waals surface area (Å²) in [5.41, 5.74) is 3.86. The second kappa shape index (κ2) is 8.90. The van der Waals surface area contributed by atoms with E-state index >= 15 is 0 Å². The Balaban J connectivity index is 1.17. The maximum Gasteiger partial charge on any atom is 0.304 e. The second-order valence-electron chi connectivity index (χ2n) is 10.3. The van der Waals surface area contributed by atoms with E-state index in [2.05, 4.69) is 11.8 Å². The van der Waals surface area contributed by atoms with Crippen molar-refractivity contribution in [3.63, 3.8) is 0 Å². The van der Waals surface area contributed by atoms with Crippen molar-refractivity contribution in [2.24, 2.45) is 5.92 Å². The van der Waals surface area contributed by atoms with E-state index in [0.29, 0.717) is 45.1 Å². The molecule has 2 aliphatic heterocycles. The zero-order valence-electron chi connectivity index (χ0n) is 22.2. The third-order valence-corrected chi connectivity index (χ3v) is 7.95. The van der Waals surface area contributed by atoms with Gasteiger partial charge in [-0.2, -0.15) is 0 Å². The molecule has 204 valence electrons. The van der Waals surface area contributed by atoms with Gasteiger partial charge in [-0.1, -0.05) is 48.2 Å². The van der Waals surface area contributed by atoms with E-state index < -0.39 is 29.3 Å². The van der Waals surface area contributed by atoms with Crippen molar-refractivity contribution in [1.82, 2.24) is 0 Å². The Labute approximate surface area is 243 Å². The van der Waals surface area contributed by atoms with Crippen LogP contribution in [0.3, 0.4) is 0 Å².